The number of thioether (sulfide) groups is 1. The van der Waals surface area contributed by atoms with Crippen molar-refractivity contribution in [3.8, 4) is 0 Å². The van der Waals surface area contributed by atoms with Gasteiger partial charge < -0.3 is 0 Å². The van der Waals surface area contributed by atoms with Gasteiger partial charge in [-0.2, -0.15) is 0 Å². The Morgan fingerprint density at radius 3 is 2.76 bits per heavy atom. The molecule has 1 aliphatic heterocycles. The summed E-state index contributed by atoms with van der Waals surface area (Å²) in [6, 6.07) is 6.36. The number of carbonyl (C=O) groups is 1. The van der Waals surface area contributed by atoms with Crippen LogP contribution in [0.3, 0.4) is 0 Å². The number of nitro groups is 1. The molecule has 0 radical (unpaired) electrons. The van der Waals surface area contributed by atoms with Gasteiger partial charge in [-0.05, 0) is 25.5 Å². The van der Waals surface area contributed by atoms with Crippen LogP contribution < -0.4 is 0 Å². The first-order valence-corrected chi connectivity index (χ1v) is 7.68. The van der Waals surface area contributed by atoms with E-state index in [9.17, 15) is 14.9 Å². The number of benzene rings is 1. The summed E-state index contributed by atoms with van der Waals surface area (Å²) in [4.78, 5) is 24.9. The average molecular weight is 322 g/mol. The van der Waals surface area contributed by atoms with Crippen molar-refractivity contribution in [1.82, 2.24) is 4.90 Å². The molecule has 1 unspecified atom stereocenters. The number of para-hydroxylation sites is 1. The van der Waals surface area contributed by atoms with Crippen LogP contribution in [-0.2, 0) is 4.79 Å². The first kappa shape index (κ1) is 15.7. The van der Waals surface area contributed by atoms with E-state index >= 15 is 0 Å². The Labute approximate surface area is 132 Å². The smallest absolute Gasteiger partial charge is 0.276 e. The number of rotatable bonds is 4. The molecule has 1 amide bonds. The van der Waals surface area contributed by atoms with Gasteiger partial charge in [-0.15, -0.1) is 0 Å². The van der Waals surface area contributed by atoms with Gasteiger partial charge in [0, 0.05) is 12.1 Å². The number of hydrogen-bond acceptors (Lipinski definition) is 5. The van der Waals surface area contributed by atoms with Crippen LogP contribution in [0, 0.1) is 10.1 Å². The van der Waals surface area contributed by atoms with Gasteiger partial charge in [0.2, 0.25) is 0 Å². The Morgan fingerprint density at radius 1 is 1.48 bits per heavy atom. The van der Waals surface area contributed by atoms with Crippen LogP contribution in [0.25, 0.3) is 6.08 Å². The maximum Gasteiger partial charge on any atom is 0.276 e. The molecular weight excluding hydrogens is 308 g/mol. The number of hydrogen-bond donors (Lipinski definition) is 0. The predicted octanol–water partition coefficient (Wildman–Crippen LogP) is 3.59. The molecular formula is C14H14N2O3S2. The summed E-state index contributed by atoms with van der Waals surface area (Å²) in [5.41, 5.74) is 0.387. The first-order valence-electron chi connectivity index (χ1n) is 6.46. The summed E-state index contributed by atoms with van der Waals surface area (Å²) in [5, 5.41) is 11.0. The molecule has 1 atom stereocenters. The standard InChI is InChI=1S/C14H14N2O3S2/c1-3-9(2)15-13(17)12(21-14(15)20)8-10-6-4-5-7-11(10)16(18)19/h4-9H,3H2,1-2H3/b12-8+. The lowest BCUT2D eigenvalue weighted by Gasteiger charge is -2.21. The topological polar surface area (TPSA) is 63.5 Å². The van der Waals surface area contributed by atoms with Crippen molar-refractivity contribution in [2.45, 2.75) is 26.3 Å². The van der Waals surface area contributed by atoms with E-state index in [2.05, 4.69) is 0 Å². The molecule has 1 aromatic rings. The summed E-state index contributed by atoms with van der Waals surface area (Å²) in [6.07, 6.45) is 2.34. The minimum atomic E-state index is -0.457. The second-order valence-electron chi connectivity index (χ2n) is 4.62. The Morgan fingerprint density at radius 2 is 2.14 bits per heavy atom. The minimum Gasteiger partial charge on any atom is -0.290 e. The molecule has 5 nitrogen and oxygen atoms in total. The highest BCUT2D eigenvalue weighted by molar-refractivity contribution is 8.26. The highest BCUT2D eigenvalue weighted by Gasteiger charge is 2.35. The summed E-state index contributed by atoms with van der Waals surface area (Å²) < 4.78 is 0.499. The molecule has 2 rings (SSSR count). The molecule has 0 bridgehead atoms. The van der Waals surface area contributed by atoms with Crippen molar-refractivity contribution in [3.63, 3.8) is 0 Å². The fourth-order valence-electron chi connectivity index (χ4n) is 1.96. The summed E-state index contributed by atoms with van der Waals surface area (Å²) in [6.45, 7) is 3.91. The summed E-state index contributed by atoms with van der Waals surface area (Å²) in [7, 11) is 0. The van der Waals surface area contributed by atoms with Crippen LogP contribution in [0.15, 0.2) is 29.2 Å². The molecule has 0 N–H and O–H groups in total. The van der Waals surface area contributed by atoms with E-state index < -0.39 is 4.92 Å². The van der Waals surface area contributed by atoms with Gasteiger partial charge in [-0.25, -0.2) is 0 Å². The lowest BCUT2D eigenvalue weighted by atomic mass is 10.1. The van der Waals surface area contributed by atoms with Crippen LogP contribution in [0.1, 0.15) is 25.8 Å². The van der Waals surface area contributed by atoms with Crippen LogP contribution in [0.2, 0.25) is 0 Å². The molecule has 7 heteroatoms. The number of amides is 1. The Kier molecular flexibility index (Phi) is 4.74. The molecule has 0 spiro atoms. The van der Waals surface area contributed by atoms with Crippen LogP contribution in [-0.4, -0.2) is 26.1 Å². The van der Waals surface area contributed by atoms with Crippen LogP contribution in [0.5, 0.6) is 0 Å². The maximum absolute atomic E-state index is 12.4. The normalized spacial score (nSPS) is 18.4. The maximum atomic E-state index is 12.4. The fraction of sp³-hybridized carbons (Fsp3) is 0.286. The van der Waals surface area contributed by atoms with Crippen molar-refractivity contribution in [2.75, 3.05) is 0 Å². The van der Waals surface area contributed by atoms with Gasteiger partial charge in [-0.3, -0.25) is 19.8 Å². The van der Waals surface area contributed by atoms with Crippen LogP contribution >= 0.6 is 24.0 Å². The van der Waals surface area contributed by atoms with Gasteiger partial charge >= 0.3 is 0 Å². The highest BCUT2D eigenvalue weighted by atomic mass is 32.2. The van der Waals surface area contributed by atoms with E-state index in [1.54, 1.807) is 29.2 Å². The van der Waals surface area contributed by atoms with E-state index in [-0.39, 0.29) is 17.6 Å². The molecule has 0 aromatic heterocycles. The highest BCUT2D eigenvalue weighted by Crippen LogP contribution is 2.35. The molecule has 1 aliphatic rings. The monoisotopic (exact) mass is 322 g/mol. The third-order valence-corrected chi connectivity index (χ3v) is 4.61. The summed E-state index contributed by atoms with van der Waals surface area (Å²) >= 11 is 6.42. The molecule has 1 heterocycles. The third-order valence-electron chi connectivity index (χ3n) is 3.28. The number of nitro benzene ring substituents is 1. The minimum absolute atomic E-state index is 0.0219. The van der Waals surface area contributed by atoms with Gasteiger partial charge in [0.05, 0.1) is 15.4 Å². The zero-order chi connectivity index (χ0) is 15.6. The van der Waals surface area contributed by atoms with Crippen molar-refractivity contribution in [1.29, 1.82) is 0 Å². The van der Waals surface area contributed by atoms with E-state index in [0.29, 0.717) is 14.8 Å². The van der Waals surface area contributed by atoms with Crippen LogP contribution in [0.4, 0.5) is 5.69 Å². The zero-order valence-electron chi connectivity index (χ0n) is 11.6. The van der Waals surface area contributed by atoms with Crippen molar-refractivity contribution < 1.29 is 9.72 Å². The second kappa shape index (κ2) is 6.36. The van der Waals surface area contributed by atoms with Crippen molar-refractivity contribution in [3.05, 3.63) is 44.8 Å². The Balaban J connectivity index is 2.38. The predicted molar refractivity (Wildman–Crippen MR) is 87.9 cm³/mol. The zero-order valence-corrected chi connectivity index (χ0v) is 13.2. The average Bonchev–Trinajstić information content (AvgIpc) is 2.73. The number of carbonyl (C=O) groups excluding carboxylic acids is 1. The molecule has 0 aliphatic carbocycles. The van der Waals surface area contributed by atoms with E-state index in [0.717, 1.165) is 6.42 Å². The lowest BCUT2D eigenvalue weighted by molar-refractivity contribution is -0.385. The third kappa shape index (κ3) is 3.14. The molecule has 1 saturated heterocycles. The molecule has 0 saturated carbocycles. The Hall–Kier alpha value is -1.73. The van der Waals surface area contributed by atoms with Crippen molar-refractivity contribution in [2.24, 2.45) is 0 Å². The first-order chi connectivity index (χ1) is 9.95. The Bertz CT molecular complexity index is 643. The second-order valence-corrected chi connectivity index (χ2v) is 6.30. The largest absolute Gasteiger partial charge is 0.290 e. The summed E-state index contributed by atoms with van der Waals surface area (Å²) in [5.74, 6) is -0.183. The van der Waals surface area contributed by atoms with Gasteiger partial charge in [-0.1, -0.05) is 43.0 Å². The molecule has 21 heavy (non-hydrogen) atoms. The van der Waals surface area contributed by atoms with Crippen molar-refractivity contribution >= 4 is 46.0 Å². The van der Waals surface area contributed by atoms with Gasteiger partial charge in [0.15, 0.2) is 0 Å². The fourth-order valence-corrected chi connectivity index (χ4v) is 3.41. The quantitative estimate of drug-likeness (QED) is 0.367. The van der Waals surface area contributed by atoms with E-state index in [4.69, 9.17) is 12.2 Å². The van der Waals surface area contributed by atoms with E-state index in [1.807, 2.05) is 13.8 Å². The molecule has 1 fully saturated rings. The van der Waals surface area contributed by atoms with E-state index in [1.165, 1.54) is 17.8 Å². The SMILES string of the molecule is CCC(C)N1C(=O)/C(=C\c2ccccc2[N+](=O)[O-])SC1=S. The number of nitrogens with zero attached hydrogens (tertiary/aromatic N) is 2. The molecule has 110 valence electrons. The molecule has 1 aromatic carbocycles. The lowest BCUT2D eigenvalue weighted by Crippen LogP contribution is -2.36. The van der Waals surface area contributed by atoms with Gasteiger partial charge in [0.25, 0.3) is 11.6 Å². The van der Waals surface area contributed by atoms with Gasteiger partial charge in [0.1, 0.15) is 4.32 Å². The number of thiocarbonyl (C=S) groups is 1.